The van der Waals surface area contributed by atoms with Gasteiger partial charge in [-0.2, -0.15) is 0 Å². The molecule has 0 radical (unpaired) electrons. The van der Waals surface area contributed by atoms with E-state index in [1.165, 1.54) is 12.7 Å². The largest absolute Gasteiger partial charge is 0.391 e. The normalized spacial score (nSPS) is 19.9. The summed E-state index contributed by atoms with van der Waals surface area (Å²) in [5, 5.41) is 20.6. The first-order valence-corrected chi connectivity index (χ1v) is 20.2. The summed E-state index contributed by atoms with van der Waals surface area (Å²) in [4.78, 5) is 55.0. The van der Waals surface area contributed by atoms with Crippen molar-refractivity contribution in [3.63, 3.8) is 0 Å². The summed E-state index contributed by atoms with van der Waals surface area (Å²) in [6.45, 7) is 1.89. The van der Waals surface area contributed by atoms with Crippen LogP contribution in [-0.4, -0.2) is 104 Å². The standard InChI is InChI=1S/C36H54N8O4S2/c37-27-12-16-44(17-13-27)35(48)43-30(21-26-10-5-2-6-11-26)33(46)42-31(22-28-23-38-24-40-28)34(47)41-29(20-25-8-3-1-4-9-25)32(45)14-19-50-36-39-15-7-18-49-36/h2,5-6,10-11,23-25,27,29-32,45H,1,3-4,7-9,12-22,37H2,(H,38,40)(H,41,47)(H,42,46)(H,43,48)/t29-,30-,31-,32-/m0/s1. The second-order valence-electron chi connectivity index (χ2n) is 13.8. The molecule has 3 heterocycles. The second kappa shape index (κ2) is 20.1. The molecule has 50 heavy (non-hydrogen) atoms. The van der Waals surface area contributed by atoms with Crippen molar-refractivity contribution in [3.8, 4) is 0 Å². The molecule has 1 aromatic carbocycles. The first-order chi connectivity index (χ1) is 24.3. The maximum absolute atomic E-state index is 14.2. The first-order valence-electron chi connectivity index (χ1n) is 18.2. The van der Waals surface area contributed by atoms with Gasteiger partial charge in [0.05, 0.1) is 18.5 Å². The van der Waals surface area contributed by atoms with Gasteiger partial charge in [-0.05, 0) is 43.6 Å². The number of hydrogen-bond acceptors (Lipinski definition) is 9. The number of aliphatic hydroxyl groups excluding tert-OH is 1. The summed E-state index contributed by atoms with van der Waals surface area (Å²) in [5.74, 6) is 1.37. The maximum atomic E-state index is 14.2. The third-order valence-corrected chi connectivity index (χ3v) is 12.2. The molecule has 1 aromatic heterocycles. The predicted molar refractivity (Wildman–Crippen MR) is 201 cm³/mol. The van der Waals surface area contributed by atoms with Crippen LogP contribution in [0.3, 0.4) is 0 Å². The summed E-state index contributed by atoms with van der Waals surface area (Å²) >= 11 is 3.44. The number of nitrogens with zero attached hydrogens (tertiary/aromatic N) is 3. The van der Waals surface area contributed by atoms with Crippen LogP contribution in [0.5, 0.6) is 0 Å². The Kier molecular flexibility index (Phi) is 15.3. The minimum Gasteiger partial charge on any atom is -0.391 e. The monoisotopic (exact) mass is 726 g/mol. The van der Waals surface area contributed by atoms with Gasteiger partial charge in [0, 0.05) is 61.9 Å². The quantitative estimate of drug-likeness (QED) is 0.161. The Morgan fingerprint density at radius 3 is 2.42 bits per heavy atom. The zero-order chi connectivity index (χ0) is 35.1. The van der Waals surface area contributed by atoms with E-state index in [4.69, 9.17) is 5.73 Å². The molecule has 274 valence electrons. The minimum absolute atomic E-state index is 0.0636. The maximum Gasteiger partial charge on any atom is 0.318 e. The fraction of sp³-hybridized carbons (Fsp3) is 0.639. The molecule has 5 rings (SSSR count). The lowest BCUT2D eigenvalue weighted by molar-refractivity contribution is -0.130. The van der Waals surface area contributed by atoms with Crippen LogP contribution in [0, 0.1) is 5.92 Å². The molecule has 7 N–H and O–H groups in total. The van der Waals surface area contributed by atoms with E-state index >= 15 is 0 Å². The number of H-pyrrole nitrogens is 1. The molecular weight excluding hydrogens is 673 g/mol. The van der Waals surface area contributed by atoms with E-state index in [1.807, 2.05) is 30.3 Å². The van der Waals surface area contributed by atoms with Gasteiger partial charge in [-0.25, -0.2) is 9.78 Å². The van der Waals surface area contributed by atoms with Gasteiger partial charge in [-0.1, -0.05) is 86.0 Å². The summed E-state index contributed by atoms with van der Waals surface area (Å²) in [6, 6.07) is 6.91. The fourth-order valence-corrected chi connectivity index (χ4v) is 9.05. The van der Waals surface area contributed by atoms with Crippen LogP contribution in [0.1, 0.15) is 75.5 Å². The highest BCUT2D eigenvalue weighted by Gasteiger charge is 2.33. The molecule has 12 nitrogen and oxygen atoms in total. The molecule has 2 aliphatic heterocycles. The Bertz CT molecular complexity index is 1370. The van der Waals surface area contributed by atoms with Crippen LogP contribution in [0.2, 0.25) is 0 Å². The van der Waals surface area contributed by atoms with Gasteiger partial charge in [0.1, 0.15) is 16.5 Å². The average molecular weight is 727 g/mol. The number of carbonyl (C=O) groups is 3. The molecule has 0 unspecified atom stereocenters. The number of urea groups is 1. The van der Waals surface area contributed by atoms with E-state index in [2.05, 4.69) is 30.9 Å². The number of aliphatic imine (C=N–C) groups is 1. The molecule has 4 atom stereocenters. The number of aromatic nitrogens is 2. The lowest BCUT2D eigenvalue weighted by atomic mass is 9.83. The van der Waals surface area contributed by atoms with Crippen LogP contribution in [0.15, 0.2) is 47.8 Å². The van der Waals surface area contributed by atoms with Crippen LogP contribution < -0.4 is 21.7 Å². The number of aliphatic hydroxyl groups is 1. The number of likely N-dealkylation sites (tertiary alicyclic amines) is 1. The number of amides is 4. The highest BCUT2D eigenvalue weighted by Crippen LogP contribution is 2.29. The Morgan fingerprint density at radius 1 is 0.980 bits per heavy atom. The predicted octanol–water partition coefficient (Wildman–Crippen LogP) is 3.61. The van der Waals surface area contributed by atoms with Crippen LogP contribution in [0.4, 0.5) is 4.79 Å². The van der Waals surface area contributed by atoms with E-state index in [9.17, 15) is 19.5 Å². The summed E-state index contributed by atoms with van der Waals surface area (Å²) in [6.07, 6.45) is 12.3. The molecule has 1 saturated carbocycles. The number of hydrogen-bond donors (Lipinski definition) is 6. The highest BCUT2D eigenvalue weighted by molar-refractivity contribution is 8.38. The minimum atomic E-state index is -0.963. The Labute approximate surface area is 304 Å². The highest BCUT2D eigenvalue weighted by atomic mass is 32.2. The third kappa shape index (κ3) is 12.3. The van der Waals surface area contributed by atoms with Gasteiger partial charge in [-0.3, -0.25) is 14.6 Å². The van der Waals surface area contributed by atoms with Gasteiger partial charge in [0.25, 0.3) is 0 Å². The van der Waals surface area contributed by atoms with Crippen molar-refractivity contribution in [2.75, 3.05) is 31.1 Å². The van der Waals surface area contributed by atoms with Crippen molar-refractivity contribution in [1.29, 1.82) is 0 Å². The van der Waals surface area contributed by atoms with Crippen molar-refractivity contribution in [2.24, 2.45) is 16.6 Å². The lowest BCUT2D eigenvalue weighted by Gasteiger charge is -2.33. The number of imidazole rings is 1. The van der Waals surface area contributed by atoms with Crippen molar-refractivity contribution >= 4 is 45.7 Å². The van der Waals surface area contributed by atoms with Gasteiger partial charge in [0.2, 0.25) is 11.8 Å². The average Bonchev–Trinajstić information content (AvgIpc) is 3.65. The Morgan fingerprint density at radius 2 is 1.72 bits per heavy atom. The van der Waals surface area contributed by atoms with Crippen LogP contribution >= 0.6 is 23.5 Å². The third-order valence-electron chi connectivity index (χ3n) is 9.85. The van der Waals surface area contributed by atoms with Crippen LogP contribution in [0.25, 0.3) is 0 Å². The van der Waals surface area contributed by atoms with E-state index in [1.54, 1.807) is 34.6 Å². The zero-order valence-corrected chi connectivity index (χ0v) is 30.6. The second-order valence-corrected chi connectivity index (χ2v) is 16.2. The molecule has 1 saturated heterocycles. The van der Waals surface area contributed by atoms with Gasteiger partial charge < -0.3 is 36.7 Å². The van der Waals surface area contributed by atoms with Crippen molar-refractivity contribution in [2.45, 2.75) is 107 Å². The Balaban J connectivity index is 1.29. The van der Waals surface area contributed by atoms with Crippen molar-refractivity contribution in [3.05, 3.63) is 54.1 Å². The number of nitrogens with one attached hydrogen (secondary N) is 4. The fourth-order valence-electron chi connectivity index (χ4n) is 6.87. The smallest absolute Gasteiger partial charge is 0.318 e. The number of piperidine rings is 1. The molecule has 0 spiro atoms. The number of rotatable bonds is 15. The van der Waals surface area contributed by atoms with Gasteiger partial charge in [0.15, 0.2) is 0 Å². The molecule has 1 aliphatic carbocycles. The summed E-state index contributed by atoms with van der Waals surface area (Å²) in [5.41, 5.74) is 7.63. The number of benzene rings is 1. The van der Waals surface area contributed by atoms with Crippen LogP contribution in [-0.2, 0) is 22.4 Å². The van der Waals surface area contributed by atoms with Crippen molar-refractivity contribution in [1.82, 2.24) is 30.8 Å². The molecule has 0 bridgehead atoms. The Hall–Kier alpha value is -3.07. The lowest BCUT2D eigenvalue weighted by Crippen LogP contribution is -2.59. The molecule has 2 fully saturated rings. The number of carbonyl (C=O) groups excluding carboxylic acids is 3. The van der Waals surface area contributed by atoms with E-state index < -0.39 is 30.1 Å². The van der Waals surface area contributed by atoms with Gasteiger partial charge in [-0.15, -0.1) is 0 Å². The SMILES string of the molecule is NC1CCN(C(=O)N[C@@H](Cc2ccccc2)C(=O)N[C@@H](Cc2cnc[nH]2)C(=O)N[C@@H](CC2CCCCC2)[C@@H](O)CCSC2=NCCCS2)CC1. The molecular formula is C36H54N8O4S2. The molecule has 14 heteroatoms. The van der Waals surface area contributed by atoms with E-state index in [-0.39, 0.29) is 30.8 Å². The first kappa shape index (κ1) is 38.2. The summed E-state index contributed by atoms with van der Waals surface area (Å²) < 4.78 is 1.07. The van der Waals surface area contributed by atoms with E-state index in [0.717, 1.165) is 54.3 Å². The molecule has 3 aliphatic rings. The zero-order valence-electron chi connectivity index (χ0n) is 28.9. The number of aromatic amines is 1. The topological polar surface area (TPSA) is 178 Å². The van der Waals surface area contributed by atoms with E-state index in [0.29, 0.717) is 56.1 Å². The van der Waals surface area contributed by atoms with Crippen molar-refractivity contribution < 1.29 is 19.5 Å². The van der Waals surface area contributed by atoms with Gasteiger partial charge >= 0.3 is 6.03 Å². The number of thioether (sulfide) groups is 2. The molecule has 4 amide bonds. The number of nitrogens with two attached hydrogens (primary N) is 1. The summed E-state index contributed by atoms with van der Waals surface area (Å²) in [7, 11) is 0. The molecule has 2 aromatic rings.